The first kappa shape index (κ1) is 17.8. The molecule has 21 heavy (non-hydrogen) atoms. The van der Waals surface area contributed by atoms with Crippen molar-refractivity contribution < 1.29 is 17.9 Å². The SMILES string of the molecule is CC(NCCCCN(C)C)c1ccc(OC(F)(F)F)cc1. The maximum Gasteiger partial charge on any atom is 0.573 e. The van der Waals surface area contributed by atoms with Crippen LogP contribution in [0.25, 0.3) is 0 Å². The summed E-state index contributed by atoms with van der Waals surface area (Å²) in [6.45, 7) is 3.93. The molecule has 0 aromatic heterocycles. The molecule has 0 fully saturated rings. The first-order valence-corrected chi connectivity index (χ1v) is 7.02. The Kier molecular flexibility index (Phi) is 6.98. The van der Waals surface area contributed by atoms with Gasteiger partial charge >= 0.3 is 6.36 Å². The number of unbranched alkanes of at least 4 members (excludes halogenated alkanes) is 1. The van der Waals surface area contributed by atoms with Crippen LogP contribution >= 0.6 is 0 Å². The minimum Gasteiger partial charge on any atom is -0.406 e. The molecular weight excluding hydrogens is 281 g/mol. The summed E-state index contributed by atoms with van der Waals surface area (Å²) in [5.41, 5.74) is 0.942. The van der Waals surface area contributed by atoms with Gasteiger partial charge in [-0.25, -0.2) is 0 Å². The second kappa shape index (κ2) is 8.24. The molecule has 120 valence electrons. The quantitative estimate of drug-likeness (QED) is 0.743. The number of hydrogen-bond acceptors (Lipinski definition) is 3. The van der Waals surface area contributed by atoms with Crippen molar-refractivity contribution in [3.63, 3.8) is 0 Å². The summed E-state index contributed by atoms with van der Waals surface area (Å²) in [6, 6.07) is 6.08. The van der Waals surface area contributed by atoms with Crippen LogP contribution in [0.2, 0.25) is 0 Å². The number of alkyl halides is 3. The van der Waals surface area contributed by atoms with Gasteiger partial charge in [0, 0.05) is 6.04 Å². The van der Waals surface area contributed by atoms with E-state index in [1.807, 2.05) is 21.0 Å². The van der Waals surface area contributed by atoms with Gasteiger partial charge in [-0.3, -0.25) is 0 Å². The van der Waals surface area contributed by atoms with Crippen LogP contribution in [0.5, 0.6) is 5.75 Å². The predicted octanol–water partition coefficient (Wildman–Crippen LogP) is 3.58. The van der Waals surface area contributed by atoms with Gasteiger partial charge in [-0.2, -0.15) is 0 Å². The molecule has 0 saturated heterocycles. The lowest BCUT2D eigenvalue weighted by Gasteiger charge is -2.16. The zero-order valence-corrected chi connectivity index (χ0v) is 12.7. The van der Waals surface area contributed by atoms with E-state index >= 15 is 0 Å². The normalized spacial score (nSPS) is 13.5. The van der Waals surface area contributed by atoms with Crippen molar-refractivity contribution in [2.45, 2.75) is 32.2 Å². The van der Waals surface area contributed by atoms with E-state index in [2.05, 4.69) is 15.0 Å². The molecule has 1 rings (SSSR count). The molecule has 1 unspecified atom stereocenters. The van der Waals surface area contributed by atoms with Crippen LogP contribution in [-0.4, -0.2) is 38.4 Å². The summed E-state index contributed by atoms with van der Waals surface area (Å²) in [5, 5.41) is 3.36. The van der Waals surface area contributed by atoms with Crippen molar-refractivity contribution in [2.24, 2.45) is 0 Å². The first-order valence-electron chi connectivity index (χ1n) is 7.02. The topological polar surface area (TPSA) is 24.5 Å². The number of nitrogens with zero attached hydrogens (tertiary/aromatic N) is 1. The van der Waals surface area contributed by atoms with Crippen molar-refractivity contribution in [1.29, 1.82) is 0 Å². The lowest BCUT2D eigenvalue weighted by Crippen LogP contribution is -2.21. The van der Waals surface area contributed by atoms with Crippen molar-refractivity contribution in [3.8, 4) is 5.75 Å². The number of rotatable bonds is 8. The Balaban J connectivity index is 2.36. The Hall–Kier alpha value is -1.27. The van der Waals surface area contributed by atoms with Gasteiger partial charge in [0.25, 0.3) is 0 Å². The minimum absolute atomic E-state index is 0.101. The number of halogens is 3. The standard InChI is InChI=1S/C15H23F3N2O/c1-12(19-10-4-5-11-20(2)3)13-6-8-14(9-7-13)21-15(16,17)18/h6-9,12,19H,4-5,10-11H2,1-3H3. The van der Waals surface area contributed by atoms with Gasteiger partial charge in [0.15, 0.2) is 0 Å². The fraction of sp³-hybridized carbons (Fsp3) is 0.600. The van der Waals surface area contributed by atoms with Crippen molar-refractivity contribution in [3.05, 3.63) is 29.8 Å². The smallest absolute Gasteiger partial charge is 0.406 e. The van der Waals surface area contributed by atoms with Gasteiger partial charge in [-0.15, -0.1) is 13.2 Å². The molecule has 1 aromatic rings. The monoisotopic (exact) mass is 304 g/mol. The maximum absolute atomic E-state index is 12.1. The summed E-state index contributed by atoms with van der Waals surface area (Å²) in [6.07, 6.45) is -2.46. The Labute approximate surface area is 124 Å². The van der Waals surface area contributed by atoms with Crippen LogP contribution in [0.15, 0.2) is 24.3 Å². The molecule has 6 heteroatoms. The predicted molar refractivity (Wildman–Crippen MR) is 77.3 cm³/mol. The number of benzene rings is 1. The van der Waals surface area contributed by atoms with Crippen LogP contribution in [0.3, 0.4) is 0 Å². The van der Waals surface area contributed by atoms with Gasteiger partial charge < -0.3 is 15.0 Å². The molecule has 0 radical (unpaired) electrons. The highest BCUT2D eigenvalue weighted by Crippen LogP contribution is 2.24. The molecular formula is C15H23F3N2O. The molecule has 3 nitrogen and oxygen atoms in total. The largest absolute Gasteiger partial charge is 0.573 e. The molecule has 1 N–H and O–H groups in total. The minimum atomic E-state index is -4.64. The van der Waals surface area contributed by atoms with E-state index in [1.54, 1.807) is 12.1 Å². The molecule has 0 bridgehead atoms. The van der Waals surface area contributed by atoms with Crippen molar-refractivity contribution in [2.75, 3.05) is 27.2 Å². The average molecular weight is 304 g/mol. The summed E-state index contributed by atoms with van der Waals surface area (Å²) in [4.78, 5) is 2.14. The van der Waals surface area contributed by atoms with Gasteiger partial charge in [0.1, 0.15) is 5.75 Å². The second-order valence-corrected chi connectivity index (χ2v) is 5.30. The Bertz CT molecular complexity index is 404. The van der Waals surface area contributed by atoms with Crippen LogP contribution in [0.4, 0.5) is 13.2 Å². The van der Waals surface area contributed by atoms with Gasteiger partial charge in [-0.1, -0.05) is 12.1 Å². The molecule has 1 atom stereocenters. The highest BCUT2D eigenvalue weighted by atomic mass is 19.4. The van der Waals surface area contributed by atoms with Crippen molar-refractivity contribution >= 4 is 0 Å². The van der Waals surface area contributed by atoms with Crippen LogP contribution in [0, 0.1) is 0 Å². The van der Waals surface area contributed by atoms with Crippen LogP contribution < -0.4 is 10.1 Å². The summed E-state index contributed by atoms with van der Waals surface area (Å²) in [5.74, 6) is -0.190. The van der Waals surface area contributed by atoms with E-state index < -0.39 is 6.36 Å². The summed E-state index contributed by atoms with van der Waals surface area (Å²) < 4.78 is 40.0. The van der Waals surface area contributed by atoms with Gasteiger partial charge in [0.2, 0.25) is 0 Å². The Morgan fingerprint density at radius 3 is 2.29 bits per heavy atom. The summed E-state index contributed by atoms with van der Waals surface area (Å²) in [7, 11) is 4.08. The fourth-order valence-electron chi connectivity index (χ4n) is 1.95. The lowest BCUT2D eigenvalue weighted by molar-refractivity contribution is -0.274. The molecule has 0 aliphatic carbocycles. The highest BCUT2D eigenvalue weighted by Gasteiger charge is 2.30. The van der Waals surface area contributed by atoms with Gasteiger partial charge in [0.05, 0.1) is 0 Å². The molecule has 0 amide bonds. The zero-order valence-electron chi connectivity index (χ0n) is 12.7. The van der Waals surface area contributed by atoms with E-state index in [-0.39, 0.29) is 11.8 Å². The fourth-order valence-corrected chi connectivity index (χ4v) is 1.95. The second-order valence-electron chi connectivity index (χ2n) is 5.30. The van der Waals surface area contributed by atoms with E-state index in [0.29, 0.717) is 0 Å². The van der Waals surface area contributed by atoms with Crippen LogP contribution in [0.1, 0.15) is 31.4 Å². The third kappa shape index (κ3) is 7.92. The highest BCUT2D eigenvalue weighted by molar-refractivity contribution is 5.29. The molecule has 0 aliphatic rings. The van der Waals surface area contributed by atoms with E-state index in [4.69, 9.17) is 0 Å². The van der Waals surface area contributed by atoms with E-state index in [9.17, 15) is 13.2 Å². The number of hydrogen-bond donors (Lipinski definition) is 1. The van der Waals surface area contributed by atoms with Gasteiger partial charge in [-0.05, 0) is 64.6 Å². The van der Waals surface area contributed by atoms with Crippen LogP contribution in [-0.2, 0) is 0 Å². The number of nitrogens with one attached hydrogen (secondary N) is 1. The Morgan fingerprint density at radius 1 is 1.14 bits per heavy atom. The third-order valence-electron chi connectivity index (χ3n) is 3.10. The lowest BCUT2D eigenvalue weighted by atomic mass is 10.1. The molecule has 0 spiro atoms. The molecule has 0 heterocycles. The molecule has 0 saturated carbocycles. The molecule has 1 aromatic carbocycles. The third-order valence-corrected chi connectivity index (χ3v) is 3.10. The number of ether oxygens (including phenoxy) is 1. The van der Waals surface area contributed by atoms with Crippen molar-refractivity contribution in [1.82, 2.24) is 10.2 Å². The molecule has 0 aliphatic heterocycles. The van der Waals surface area contributed by atoms with E-state index in [0.717, 1.165) is 31.5 Å². The summed E-state index contributed by atoms with van der Waals surface area (Å²) >= 11 is 0. The average Bonchev–Trinajstić information content (AvgIpc) is 2.36. The maximum atomic E-state index is 12.1. The van der Waals surface area contributed by atoms with E-state index in [1.165, 1.54) is 12.1 Å². The zero-order chi connectivity index (χ0) is 15.9. The first-order chi connectivity index (χ1) is 9.78. The Morgan fingerprint density at radius 2 is 1.76 bits per heavy atom.